The number of piperidine rings is 1. The number of nitrogen functional groups attached to an aromatic ring is 1. The second-order valence-electron chi connectivity index (χ2n) is 5.88. The van der Waals surface area contributed by atoms with Crippen molar-refractivity contribution < 1.29 is 0 Å². The van der Waals surface area contributed by atoms with Crippen LogP contribution in [0.3, 0.4) is 0 Å². The number of imidazole rings is 1. The molecule has 108 valence electrons. The fourth-order valence-electron chi connectivity index (χ4n) is 3.05. The monoisotopic (exact) mass is 292 g/mol. The smallest absolute Gasteiger partial charge is 0.155 e. The number of hydrogen-bond acceptors (Lipinski definition) is 3. The number of anilines is 1. The molecule has 0 aliphatic carbocycles. The van der Waals surface area contributed by atoms with E-state index in [4.69, 9.17) is 17.3 Å². The van der Waals surface area contributed by atoms with Gasteiger partial charge in [-0.15, -0.1) is 0 Å². The Hall–Kier alpha value is -1.26. The normalized spacial score (nSPS) is 18.2. The predicted octanol–water partition coefficient (Wildman–Crippen LogP) is 3.16. The molecule has 0 radical (unpaired) electrons. The van der Waals surface area contributed by atoms with Gasteiger partial charge in [0.1, 0.15) is 5.82 Å². The molecule has 5 heteroatoms. The number of fused-ring (bicyclic) bond motifs is 1. The predicted molar refractivity (Wildman–Crippen MR) is 83.3 cm³/mol. The number of rotatable bonds is 2. The molecule has 2 N–H and O–H groups in total. The van der Waals surface area contributed by atoms with Crippen LogP contribution in [0.2, 0.25) is 5.15 Å². The summed E-state index contributed by atoms with van der Waals surface area (Å²) < 4.78 is 2.06. The van der Waals surface area contributed by atoms with Gasteiger partial charge in [-0.3, -0.25) is 4.40 Å². The zero-order valence-electron chi connectivity index (χ0n) is 12.0. The minimum Gasteiger partial charge on any atom is -0.398 e. The van der Waals surface area contributed by atoms with Crippen LogP contribution in [-0.4, -0.2) is 33.4 Å². The first-order valence-electron chi connectivity index (χ1n) is 7.23. The number of nitrogens with two attached hydrogens (primary N) is 1. The van der Waals surface area contributed by atoms with Gasteiger partial charge in [0.05, 0.1) is 5.52 Å². The Balaban J connectivity index is 1.90. The third kappa shape index (κ3) is 2.38. The third-order valence-electron chi connectivity index (χ3n) is 4.27. The van der Waals surface area contributed by atoms with Gasteiger partial charge in [0.2, 0.25) is 0 Å². The van der Waals surface area contributed by atoms with Gasteiger partial charge in [-0.05, 0) is 51.9 Å². The lowest BCUT2D eigenvalue weighted by Crippen LogP contribution is -2.38. The molecule has 0 saturated carbocycles. The number of halogens is 1. The van der Waals surface area contributed by atoms with Crippen molar-refractivity contribution in [3.63, 3.8) is 0 Å². The van der Waals surface area contributed by atoms with Gasteiger partial charge in [-0.25, -0.2) is 4.98 Å². The largest absolute Gasteiger partial charge is 0.398 e. The van der Waals surface area contributed by atoms with E-state index in [2.05, 4.69) is 28.1 Å². The van der Waals surface area contributed by atoms with Crippen molar-refractivity contribution >= 4 is 22.8 Å². The van der Waals surface area contributed by atoms with E-state index in [1.54, 1.807) is 0 Å². The van der Waals surface area contributed by atoms with E-state index >= 15 is 0 Å². The zero-order chi connectivity index (χ0) is 14.3. The number of likely N-dealkylation sites (tertiary alicyclic amines) is 1. The molecule has 0 bridgehead atoms. The maximum absolute atomic E-state index is 6.25. The molecule has 0 aromatic carbocycles. The van der Waals surface area contributed by atoms with Crippen molar-refractivity contribution in [1.29, 1.82) is 0 Å². The molecule has 0 unspecified atom stereocenters. The Kier molecular flexibility index (Phi) is 3.61. The van der Waals surface area contributed by atoms with Crippen LogP contribution in [0.5, 0.6) is 0 Å². The minimum absolute atomic E-state index is 0.465. The van der Waals surface area contributed by atoms with Crippen LogP contribution in [-0.2, 0) is 0 Å². The topological polar surface area (TPSA) is 46.6 Å². The third-order valence-corrected chi connectivity index (χ3v) is 4.55. The molecule has 1 aliphatic heterocycles. The summed E-state index contributed by atoms with van der Waals surface area (Å²) in [6.07, 6.45) is 4.18. The lowest BCUT2D eigenvalue weighted by Gasteiger charge is -2.34. The number of aromatic nitrogens is 2. The standard InChI is InChI=1S/C15H21ClN4/c1-10(2)19-7-5-11(6-8-19)15-18-14(16)13-4-3-12(17)9-20(13)15/h3-4,9-11H,5-8,17H2,1-2H3. The summed E-state index contributed by atoms with van der Waals surface area (Å²) in [6, 6.07) is 4.43. The van der Waals surface area contributed by atoms with Crippen molar-refractivity contribution in [3.05, 3.63) is 29.3 Å². The average molecular weight is 293 g/mol. The highest BCUT2D eigenvalue weighted by molar-refractivity contribution is 6.32. The Bertz CT molecular complexity index is 612. The van der Waals surface area contributed by atoms with Crippen molar-refractivity contribution in [1.82, 2.24) is 14.3 Å². The molecule has 3 rings (SSSR count). The Morgan fingerprint density at radius 2 is 2.00 bits per heavy atom. The quantitative estimate of drug-likeness (QED) is 0.925. The highest BCUT2D eigenvalue weighted by atomic mass is 35.5. The lowest BCUT2D eigenvalue weighted by molar-refractivity contribution is 0.169. The Morgan fingerprint density at radius 3 is 2.65 bits per heavy atom. The van der Waals surface area contributed by atoms with Crippen LogP contribution < -0.4 is 5.73 Å². The second kappa shape index (κ2) is 5.26. The van der Waals surface area contributed by atoms with Crippen molar-refractivity contribution in [2.24, 2.45) is 0 Å². The van der Waals surface area contributed by atoms with Crippen LogP contribution in [0.4, 0.5) is 5.69 Å². The van der Waals surface area contributed by atoms with E-state index in [0.29, 0.717) is 17.1 Å². The summed E-state index contributed by atoms with van der Waals surface area (Å²) in [4.78, 5) is 7.09. The maximum atomic E-state index is 6.25. The summed E-state index contributed by atoms with van der Waals surface area (Å²) in [5.74, 6) is 1.52. The van der Waals surface area contributed by atoms with Gasteiger partial charge in [-0.1, -0.05) is 11.6 Å². The van der Waals surface area contributed by atoms with Gasteiger partial charge in [0, 0.05) is 23.8 Å². The Labute approximate surface area is 124 Å². The molecule has 2 aromatic heterocycles. The molecule has 1 fully saturated rings. The summed E-state index contributed by atoms with van der Waals surface area (Å²) in [7, 11) is 0. The minimum atomic E-state index is 0.465. The van der Waals surface area contributed by atoms with Gasteiger partial charge in [-0.2, -0.15) is 0 Å². The fourth-order valence-corrected chi connectivity index (χ4v) is 3.29. The first kappa shape index (κ1) is 13.7. The van der Waals surface area contributed by atoms with Crippen LogP contribution in [0.25, 0.3) is 5.52 Å². The zero-order valence-corrected chi connectivity index (χ0v) is 12.8. The number of pyridine rings is 1. The summed E-state index contributed by atoms with van der Waals surface area (Å²) in [6.45, 7) is 6.75. The SMILES string of the molecule is CC(C)N1CCC(c2nc(Cl)c3ccc(N)cn23)CC1. The highest BCUT2D eigenvalue weighted by Gasteiger charge is 2.25. The first-order chi connectivity index (χ1) is 9.56. The Morgan fingerprint density at radius 1 is 1.30 bits per heavy atom. The molecule has 1 aliphatic rings. The van der Waals surface area contributed by atoms with E-state index in [9.17, 15) is 0 Å². The molecule has 4 nitrogen and oxygen atoms in total. The molecule has 20 heavy (non-hydrogen) atoms. The van der Waals surface area contributed by atoms with Crippen LogP contribution >= 0.6 is 11.6 Å². The van der Waals surface area contributed by atoms with E-state index in [1.165, 1.54) is 0 Å². The summed E-state index contributed by atoms with van der Waals surface area (Å²) >= 11 is 6.25. The molecule has 3 heterocycles. The van der Waals surface area contributed by atoms with Gasteiger partial charge in [0.15, 0.2) is 5.15 Å². The fraction of sp³-hybridized carbons (Fsp3) is 0.533. The molecule has 1 saturated heterocycles. The summed E-state index contributed by atoms with van der Waals surface area (Å²) in [5.41, 5.74) is 7.58. The van der Waals surface area contributed by atoms with E-state index < -0.39 is 0 Å². The van der Waals surface area contributed by atoms with Crippen molar-refractivity contribution in [2.45, 2.75) is 38.6 Å². The first-order valence-corrected chi connectivity index (χ1v) is 7.61. The van der Waals surface area contributed by atoms with Crippen LogP contribution in [0.15, 0.2) is 18.3 Å². The number of nitrogens with zero attached hydrogens (tertiary/aromatic N) is 3. The van der Waals surface area contributed by atoms with E-state index in [0.717, 1.165) is 43.0 Å². The molecule has 2 aromatic rings. The maximum Gasteiger partial charge on any atom is 0.155 e. The van der Waals surface area contributed by atoms with Crippen molar-refractivity contribution in [2.75, 3.05) is 18.8 Å². The molecule has 0 spiro atoms. The van der Waals surface area contributed by atoms with Gasteiger partial charge >= 0.3 is 0 Å². The van der Waals surface area contributed by atoms with E-state index in [-0.39, 0.29) is 0 Å². The van der Waals surface area contributed by atoms with E-state index in [1.807, 2.05) is 18.3 Å². The molecule has 0 atom stereocenters. The highest BCUT2D eigenvalue weighted by Crippen LogP contribution is 2.31. The van der Waals surface area contributed by atoms with Crippen LogP contribution in [0, 0.1) is 0 Å². The van der Waals surface area contributed by atoms with Crippen molar-refractivity contribution in [3.8, 4) is 0 Å². The molecular weight excluding hydrogens is 272 g/mol. The molecule has 0 amide bonds. The molecular formula is C15H21ClN4. The second-order valence-corrected chi connectivity index (χ2v) is 6.24. The number of hydrogen-bond donors (Lipinski definition) is 1. The van der Waals surface area contributed by atoms with Gasteiger partial charge in [0.25, 0.3) is 0 Å². The summed E-state index contributed by atoms with van der Waals surface area (Å²) in [5, 5.41) is 0.575. The van der Waals surface area contributed by atoms with Crippen LogP contribution in [0.1, 0.15) is 38.4 Å². The van der Waals surface area contributed by atoms with Gasteiger partial charge < -0.3 is 10.6 Å². The lowest BCUT2D eigenvalue weighted by atomic mass is 9.95. The average Bonchev–Trinajstić information content (AvgIpc) is 2.75.